The van der Waals surface area contributed by atoms with Gasteiger partial charge in [-0.3, -0.25) is 4.98 Å². The minimum Gasteiger partial charge on any atom is -0.397 e. The predicted molar refractivity (Wildman–Crippen MR) is 69.4 cm³/mol. The minimum atomic E-state index is 0.215. The van der Waals surface area contributed by atoms with E-state index in [4.69, 9.17) is 5.73 Å². The molecule has 0 radical (unpaired) electrons. The molecule has 3 nitrogen and oxygen atoms in total. The van der Waals surface area contributed by atoms with Crippen molar-refractivity contribution in [3.05, 3.63) is 43.1 Å². The van der Waals surface area contributed by atoms with Gasteiger partial charge in [0.1, 0.15) is 0 Å². The number of benzene rings is 1. The number of aromatic nitrogens is 1. The van der Waals surface area contributed by atoms with Crippen LogP contribution in [0.2, 0.25) is 0 Å². The number of hydrogen-bond donors (Lipinski definition) is 2. The van der Waals surface area contributed by atoms with Gasteiger partial charge < -0.3 is 11.1 Å². The van der Waals surface area contributed by atoms with Crippen LogP contribution >= 0.6 is 0 Å². The lowest BCUT2D eigenvalue weighted by atomic mass is 10.1. The molecule has 0 saturated carbocycles. The maximum Gasteiger partial charge on any atom is 0.0951 e. The topological polar surface area (TPSA) is 50.9 Å². The van der Waals surface area contributed by atoms with Gasteiger partial charge in [0.25, 0.3) is 0 Å². The highest BCUT2D eigenvalue weighted by atomic mass is 14.9. The standard InChI is InChI=1S/C13H15N3/c1-3-9(2)16-12-7-8-15-13-10(12)5-4-6-11(13)14/h3-9H,1,14H2,2H3,(H,15,16). The van der Waals surface area contributed by atoms with Crippen LogP contribution in [-0.2, 0) is 0 Å². The maximum atomic E-state index is 5.88. The Bertz CT molecular complexity index is 520. The Hall–Kier alpha value is -2.03. The number of pyridine rings is 1. The lowest BCUT2D eigenvalue weighted by Gasteiger charge is -2.13. The quantitative estimate of drug-likeness (QED) is 0.609. The van der Waals surface area contributed by atoms with Crippen LogP contribution in [0, 0.1) is 0 Å². The SMILES string of the molecule is C=CC(C)Nc1ccnc2c(N)cccc12. The van der Waals surface area contributed by atoms with E-state index in [0.717, 1.165) is 16.6 Å². The summed E-state index contributed by atoms with van der Waals surface area (Å²) in [5, 5.41) is 4.39. The Morgan fingerprint density at radius 2 is 2.25 bits per heavy atom. The van der Waals surface area contributed by atoms with Crippen LogP contribution < -0.4 is 11.1 Å². The lowest BCUT2D eigenvalue weighted by molar-refractivity contribution is 1.00. The monoisotopic (exact) mass is 213 g/mol. The zero-order valence-electron chi connectivity index (χ0n) is 9.27. The highest BCUT2D eigenvalue weighted by Crippen LogP contribution is 2.25. The first-order chi connectivity index (χ1) is 7.72. The molecule has 3 heteroatoms. The molecule has 0 fully saturated rings. The molecule has 3 N–H and O–H groups in total. The van der Waals surface area contributed by atoms with Crippen molar-refractivity contribution in [3.8, 4) is 0 Å². The van der Waals surface area contributed by atoms with Crippen molar-refractivity contribution in [1.29, 1.82) is 0 Å². The summed E-state index contributed by atoms with van der Waals surface area (Å²) in [4.78, 5) is 4.28. The third kappa shape index (κ3) is 1.84. The first-order valence-electron chi connectivity index (χ1n) is 5.24. The first-order valence-corrected chi connectivity index (χ1v) is 5.24. The second kappa shape index (κ2) is 4.23. The van der Waals surface area contributed by atoms with Gasteiger partial charge in [0, 0.05) is 23.3 Å². The number of nitrogens with two attached hydrogens (primary N) is 1. The molecule has 1 unspecified atom stereocenters. The molecule has 0 aliphatic rings. The van der Waals surface area contributed by atoms with Crippen molar-refractivity contribution >= 4 is 22.3 Å². The van der Waals surface area contributed by atoms with E-state index in [9.17, 15) is 0 Å². The van der Waals surface area contributed by atoms with Gasteiger partial charge in [-0.05, 0) is 19.1 Å². The average molecular weight is 213 g/mol. The molecule has 0 aliphatic heterocycles. The van der Waals surface area contributed by atoms with E-state index in [1.54, 1.807) is 6.20 Å². The van der Waals surface area contributed by atoms with E-state index in [0.29, 0.717) is 5.69 Å². The van der Waals surface area contributed by atoms with Crippen molar-refractivity contribution in [3.63, 3.8) is 0 Å². The zero-order valence-corrected chi connectivity index (χ0v) is 9.27. The molecule has 1 atom stereocenters. The molecule has 82 valence electrons. The van der Waals surface area contributed by atoms with Crippen LogP contribution in [0.5, 0.6) is 0 Å². The normalized spacial score (nSPS) is 12.3. The summed E-state index contributed by atoms with van der Waals surface area (Å²) in [6.07, 6.45) is 3.62. The number of anilines is 2. The Labute approximate surface area is 95.0 Å². The number of para-hydroxylation sites is 1. The van der Waals surface area contributed by atoms with Gasteiger partial charge in [-0.2, -0.15) is 0 Å². The highest BCUT2D eigenvalue weighted by Gasteiger charge is 2.05. The van der Waals surface area contributed by atoms with E-state index in [1.807, 2.05) is 37.3 Å². The van der Waals surface area contributed by atoms with E-state index in [1.165, 1.54) is 0 Å². The van der Waals surface area contributed by atoms with E-state index < -0.39 is 0 Å². The molecule has 0 bridgehead atoms. The van der Waals surface area contributed by atoms with Crippen LogP contribution in [0.4, 0.5) is 11.4 Å². The van der Waals surface area contributed by atoms with Gasteiger partial charge in [0.15, 0.2) is 0 Å². The van der Waals surface area contributed by atoms with Crippen LogP contribution in [0.3, 0.4) is 0 Å². The van der Waals surface area contributed by atoms with Crippen molar-refractivity contribution in [2.45, 2.75) is 13.0 Å². The molecular weight excluding hydrogens is 198 g/mol. The number of nitrogens with one attached hydrogen (secondary N) is 1. The molecule has 1 aromatic heterocycles. The largest absolute Gasteiger partial charge is 0.397 e. The molecule has 2 rings (SSSR count). The van der Waals surface area contributed by atoms with Crippen LogP contribution in [-0.4, -0.2) is 11.0 Å². The van der Waals surface area contributed by atoms with Crippen LogP contribution in [0.25, 0.3) is 10.9 Å². The molecule has 0 amide bonds. The van der Waals surface area contributed by atoms with Gasteiger partial charge in [0.2, 0.25) is 0 Å². The molecule has 0 aliphatic carbocycles. The molecule has 2 aromatic rings. The molecule has 16 heavy (non-hydrogen) atoms. The fourth-order valence-corrected chi connectivity index (χ4v) is 1.63. The Morgan fingerprint density at radius 3 is 3.00 bits per heavy atom. The van der Waals surface area contributed by atoms with Crippen LogP contribution in [0.15, 0.2) is 43.1 Å². The van der Waals surface area contributed by atoms with E-state index in [-0.39, 0.29) is 6.04 Å². The van der Waals surface area contributed by atoms with Gasteiger partial charge in [-0.1, -0.05) is 18.2 Å². The summed E-state index contributed by atoms with van der Waals surface area (Å²) < 4.78 is 0. The average Bonchev–Trinajstić information content (AvgIpc) is 2.30. The first kappa shape index (κ1) is 10.5. The van der Waals surface area contributed by atoms with Crippen LogP contribution in [0.1, 0.15) is 6.92 Å². The minimum absolute atomic E-state index is 0.215. The summed E-state index contributed by atoms with van der Waals surface area (Å²) in [6, 6.07) is 7.96. The number of nitrogens with zero attached hydrogens (tertiary/aromatic N) is 1. The summed E-state index contributed by atoms with van der Waals surface area (Å²) in [5.74, 6) is 0. The maximum absolute atomic E-state index is 5.88. The molecule has 1 heterocycles. The van der Waals surface area contributed by atoms with E-state index in [2.05, 4.69) is 16.9 Å². The molecule has 0 saturated heterocycles. The third-order valence-electron chi connectivity index (χ3n) is 2.54. The van der Waals surface area contributed by atoms with Crippen molar-refractivity contribution in [2.75, 3.05) is 11.1 Å². The smallest absolute Gasteiger partial charge is 0.0951 e. The molecular formula is C13H15N3. The number of nitrogen functional groups attached to an aromatic ring is 1. The Balaban J connectivity index is 2.53. The van der Waals surface area contributed by atoms with Gasteiger partial charge >= 0.3 is 0 Å². The zero-order chi connectivity index (χ0) is 11.5. The van der Waals surface area contributed by atoms with Gasteiger partial charge in [0.05, 0.1) is 11.2 Å². The summed E-state index contributed by atoms with van der Waals surface area (Å²) >= 11 is 0. The third-order valence-corrected chi connectivity index (χ3v) is 2.54. The summed E-state index contributed by atoms with van der Waals surface area (Å²) in [7, 11) is 0. The second-order valence-electron chi connectivity index (χ2n) is 3.77. The Morgan fingerprint density at radius 1 is 1.44 bits per heavy atom. The molecule has 1 aromatic carbocycles. The van der Waals surface area contributed by atoms with Gasteiger partial charge in [-0.25, -0.2) is 0 Å². The second-order valence-corrected chi connectivity index (χ2v) is 3.77. The predicted octanol–water partition coefficient (Wildman–Crippen LogP) is 2.80. The van der Waals surface area contributed by atoms with Gasteiger partial charge in [-0.15, -0.1) is 6.58 Å². The van der Waals surface area contributed by atoms with Crippen molar-refractivity contribution < 1.29 is 0 Å². The fraction of sp³-hybridized carbons (Fsp3) is 0.154. The number of fused-ring (bicyclic) bond motifs is 1. The van der Waals surface area contributed by atoms with Crippen molar-refractivity contribution in [2.24, 2.45) is 0 Å². The fourth-order valence-electron chi connectivity index (χ4n) is 1.63. The Kier molecular flexibility index (Phi) is 2.77. The summed E-state index contributed by atoms with van der Waals surface area (Å²) in [5.41, 5.74) is 8.45. The highest BCUT2D eigenvalue weighted by molar-refractivity contribution is 5.97. The summed E-state index contributed by atoms with van der Waals surface area (Å²) in [6.45, 7) is 5.80. The lowest BCUT2D eigenvalue weighted by Crippen LogP contribution is -2.11. The number of rotatable bonds is 3. The van der Waals surface area contributed by atoms with Crippen molar-refractivity contribution in [1.82, 2.24) is 4.98 Å². The number of hydrogen-bond acceptors (Lipinski definition) is 3. The molecule has 0 spiro atoms. The van der Waals surface area contributed by atoms with E-state index >= 15 is 0 Å².